The Hall–Kier alpha value is -1.09. The number of nitrogens with zero attached hydrogens (tertiary/aromatic N) is 2. The van der Waals surface area contributed by atoms with E-state index >= 15 is 0 Å². The third kappa shape index (κ3) is 2.98. The third-order valence-electron chi connectivity index (χ3n) is 3.30. The number of thiocarbonyl (C=S) groups is 1. The lowest BCUT2D eigenvalue weighted by molar-refractivity contribution is 0.222. The van der Waals surface area contributed by atoms with E-state index in [1.54, 1.807) is 0 Å². The summed E-state index contributed by atoms with van der Waals surface area (Å²) in [6.07, 6.45) is 0. The second kappa shape index (κ2) is 5.72. The van der Waals surface area contributed by atoms with Crippen LogP contribution in [0.25, 0.3) is 0 Å². The first kappa shape index (κ1) is 15.3. The van der Waals surface area contributed by atoms with Crippen molar-refractivity contribution in [3.8, 4) is 0 Å². The molecule has 1 heterocycles. The molecule has 2 rings (SSSR count). The molecule has 0 radical (unpaired) electrons. The van der Waals surface area contributed by atoms with Crippen molar-refractivity contribution in [2.45, 2.75) is 4.90 Å². The summed E-state index contributed by atoms with van der Waals surface area (Å²) in [5.74, 6) is -0.616. The molecule has 5 nitrogen and oxygen atoms in total. The molecule has 1 fully saturated rings. The van der Waals surface area contributed by atoms with Crippen LogP contribution in [-0.2, 0) is 10.0 Å². The van der Waals surface area contributed by atoms with Crippen LogP contribution in [-0.4, -0.2) is 55.8 Å². The van der Waals surface area contributed by atoms with Crippen molar-refractivity contribution in [3.05, 3.63) is 29.6 Å². The zero-order chi connectivity index (χ0) is 14.9. The van der Waals surface area contributed by atoms with Gasteiger partial charge in [0.1, 0.15) is 10.8 Å². The van der Waals surface area contributed by atoms with Crippen LogP contribution >= 0.6 is 12.2 Å². The van der Waals surface area contributed by atoms with Gasteiger partial charge in [-0.2, -0.15) is 4.31 Å². The number of hydrogen-bond acceptors (Lipinski definition) is 4. The maximum absolute atomic E-state index is 13.5. The van der Waals surface area contributed by atoms with Crippen LogP contribution in [0.15, 0.2) is 23.1 Å². The van der Waals surface area contributed by atoms with Gasteiger partial charge < -0.3 is 10.6 Å². The molecule has 0 unspecified atom stereocenters. The van der Waals surface area contributed by atoms with Crippen molar-refractivity contribution >= 4 is 27.2 Å². The quantitative estimate of drug-likeness (QED) is 0.817. The third-order valence-corrected chi connectivity index (χ3v) is 5.42. The fourth-order valence-electron chi connectivity index (χ4n) is 2.03. The van der Waals surface area contributed by atoms with Gasteiger partial charge in [-0.3, -0.25) is 0 Å². The molecule has 20 heavy (non-hydrogen) atoms. The predicted octanol–water partition coefficient (Wildman–Crippen LogP) is 0.396. The summed E-state index contributed by atoms with van der Waals surface area (Å²) in [5, 5.41) is 0. The Balaban J connectivity index is 2.35. The Morgan fingerprint density at radius 1 is 1.30 bits per heavy atom. The molecule has 0 saturated carbocycles. The van der Waals surface area contributed by atoms with E-state index in [4.69, 9.17) is 18.0 Å². The topological polar surface area (TPSA) is 66.6 Å². The molecule has 0 atom stereocenters. The van der Waals surface area contributed by atoms with E-state index in [2.05, 4.69) is 4.90 Å². The first-order valence-electron chi connectivity index (χ1n) is 6.10. The summed E-state index contributed by atoms with van der Waals surface area (Å²) in [6, 6.07) is 3.52. The highest BCUT2D eigenvalue weighted by Crippen LogP contribution is 2.20. The zero-order valence-electron chi connectivity index (χ0n) is 11.0. The standard InChI is InChI=1S/C12H16FN3O2S2/c1-15-4-6-16(7-5-15)20(17,18)9-2-3-11(13)10(8-9)12(14)19/h2-3,8H,4-7H2,1H3,(H2,14,19). The molecule has 8 heteroatoms. The van der Waals surface area contributed by atoms with Gasteiger partial charge in [-0.05, 0) is 25.2 Å². The molecule has 1 aliphatic heterocycles. The van der Waals surface area contributed by atoms with E-state index in [0.29, 0.717) is 26.2 Å². The van der Waals surface area contributed by atoms with Crippen LogP contribution in [0.4, 0.5) is 4.39 Å². The maximum Gasteiger partial charge on any atom is 0.243 e. The van der Waals surface area contributed by atoms with Crippen molar-refractivity contribution in [1.29, 1.82) is 0 Å². The van der Waals surface area contributed by atoms with Crippen LogP contribution < -0.4 is 5.73 Å². The lowest BCUT2D eigenvalue weighted by Gasteiger charge is -2.31. The molecule has 1 aromatic rings. The van der Waals surface area contributed by atoms with Crippen LogP contribution in [0.5, 0.6) is 0 Å². The van der Waals surface area contributed by atoms with E-state index in [9.17, 15) is 12.8 Å². The summed E-state index contributed by atoms with van der Waals surface area (Å²) in [6.45, 7) is 2.17. The Morgan fingerprint density at radius 2 is 1.90 bits per heavy atom. The number of halogens is 1. The average molecular weight is 317 g/mol. The highest BCUT2D eigenvalue weighted by atomic mass is 32.2. The second-order valence-electron chi connectivity index (χ2n) is 4.71. The minimum atomic E-state index is -3.63. The number of rotatable bonds is 3. The van der Waals surface area contributed by atoms with Crippen LogP contribution in [0.2, 0.25) is 0 Å². The van der Waals surface area contributed by atoms with Gasteiger partial charge in [-0.1, -0.05) is 12.2 Å². The molecular formula is C12H16FN3O2S2. The van der Waals surface area contributed by atoms with Crippen molar-refractivity contribution in [3.63, 3.8) is 0 Å². The van der Waals surface area contributed by atoms with Crippen molar-refractivity contribution in [1.82, 2.24) is 9.21 Å². The molecule has 0 amide bonds. The number of benzene rings is 1. The fraction of sp³-hybridized carbons (Fsp3) is 0.417. The maximum atomic E-state index is 13.5. The molecule has 110 valence electrons. The first-order valence-corrected chi connectivity index (χ1v) is 7.95. The monoisotopic (exact) mass is 317 g/mol. The number of piperazine rings is 1. The van der Waals surface area contributed by atoms with Crippen molar-refractivity contribution < 1.29 is 12.8 Å². The van der Waals surface area contributed by atoms with Crippen molar-refractivity contribution in [2.75, 3.05) is 33.2 Å². The zero-order valence-corrected chi connectivity index (χ0v) is 12.7. The normalized spacial score (nSPS) is 18.1. The number of likely N-dealkylation sites (N-methyl/N-ethyl adjacent to an activating group) is 1. The SMILES string of the molecule is CN1CCN(S(=O)(=O)c2ccc(F)c(C(N)=S)c2)CC1. The van der Waals surface area contributed by atoms with E-state index < -0.39 is 15.8 Å². The molecule has 2 N–H and O–H groups in total. The van der Waals surface area contributed by atoms with Gasteiger partial charge in [0.05, 0.1) is 4.90 Å². The molecule has 0 bridgehead atoms. The van der Waals surface area contributed by atoms with Crippen LogP contribution in [0.3, 0.4) is 0 Å². The van der Waals surface area contributed by atoms with Gasteiger partial charge in [0, 0.05) is 31.7 Å². The van der Waals surface area contributed by atoms with Crippen LogP contribution in [0.1, 0.15) is 5.56 Å². The molecule has 1 saturated heterocycles. The minimum absolute atomic E-state index is 0.0197. The van der Waals surface area contributed by atoms with E-state index in [-0.39, 0.29) is 15.4 Å². The molecule has 0 spiro atoms. The van der Waals surface area contributed by atoms with Gasteiger partial charge in [0.2, 0.25) is 10.0 Å². The van der Waals surface area contributed by atoms with E-state index in [0.717, 1.165) is 6.07 Å². The number of hydrogen-bond donors (Lipinski definition) is 1. The Bertz CT molecular complexity index is 626. The van der Waals surface area contributed by atoms with Gasteiger partial charge in [-0.15, -0.1) is 0 Å². The Kier molecular flexibility index (Phi) is 4.38. The van der Waals surface area contributed by atoms with Gasteiger partial charge in [-0.25, -0.2) is 12.8 Å². The average Bonchev–Trinajstić information content (AvgIpc) is 2.39. The molecular weight excluding hydrogens is 301 g/mol. The van der Waals surface area contributed by atoms with Gasteiger partial charge >= 0.3 is 0 Å². The Morgan fingerprint density at radius 3 is 2.45 bits per heavy atom. The summed E-state index contributed by atoms with van der Waals surface area (Å²) >= 11 is 4.73. The van der Waals surface area contributed by atoms with Gasteiger partial charge in [0.25, 0.3) is 0 Å². The largest absolute Gasteiger partial charge is 0.389 e. The van der Waals surface area contributed by atoms with Gasteiger partial charge in [0.15, 0.2) is 0 Å². The summed E-state index contributed by atoms with van der Waals surface area (Å²) < 4.78 is 39.9. The first-order chi connectivity index (χ1) is 9.32. The lowest BCUT2D eigenvalue weighted by atomic mass is 10.2. The lowest BCUT2D eigenvalue weighted by Crippen LogP contribution is -2.47. The van der Waals surface area contributed by atoms with E-state index in [1.807, 2.05) is 7.05 Å². The second-order valence-corrected chi connectivity index (χ2v) is 7.09. The summed E-state index contributed by atoms with van der Waals surface area (Å²) in [5.41, 5.74) is 5.35. The highest BCUT2D eigenvalue weighted by Gasteiger charge is 2.28. The van der Waals surface area contributed by atoms with Crippen LogP contribution in [0, 0.1) is 5.82 Å². The number of nitrogens with two attached hydrogens (primary N) is 1. The van der Waals surface area contributed by atoms with Crippen molar-refractivity contribution in [2.24, 2.45) is 5.73 Å². The Labute approximate surface area is 123 Å². The molecule has 1 aromatic carbocycles. The highest BCUT2D eigenvalue weighted by molar-refractivity contribution is 7.89. The smallest absolute Gasteiger partial charge is 0.243 e. The molecule has 0 aliphatic carbocycles. The summed E-state index contributed by atoms with van der Waals surface area (Å²) in [7, 11) is -1.70. The summed E-state index contributed by atoms with van der Waals surface area (Å²) in [4.78, 5) is 1.92. The molecule has 1 aliphatic rings. The fourth-order valence-corrected chi connectivity index (χ4v) is 3.64. The number of sulfonamides is 1. The molecule has 0 aromatic heterocycles. The van der Waals surface area contributed by atoms with E-state index in [1.165, 1.54) is 16.4 Å². The predicted molar refractivity (Wildman–Crippen MR) is 78.5 cm³/mol. The minimum Gasteiger partial charge on any atom is -0.389 e.